The van der Waals surface area contributed by atoms with E-state index in [9.17, 15) is 13.2 Å². The van der Waals surface area contributed by atoms with E-state index in [1.165, 1.54) is 19.1 Å². The molecule has 16 heavy (non-hydrogen) atoms. The summed E-state index contributed by atoms with van der Waals surface area (Å²) in [6.07, 6.45) is 2.74. The van der Waals surface area contributed by atoms with Crippen LogP contribution in [0.15, 0.2) is 29.3 Å². The summed E-state index contributed by atoms with van der Waals surface area (Å²) in [4.78, 5) is 14.5. The van der Waals surface area contributed by atoms with E-state index in [-0.39, 0.29) is 10.7 Å². The van der Waals surface area contributed by atoms with Crippen molar-refractivity contribution in [2.24, 2.45) is 0 Å². The van der Waals surface area contributed by atoms with Gasteiger partial charge in [-0.25, -0.2) is 8.42 Å². The van der Waals surface area contributed by atoms with Crippen molar-refractivity contribution in [1.29, 1.82) is 0 Å². The van der Waals surface area contributed by atoms with Gasteiger partial charge in [0.25, 0.3) is 0 Å². The van der Waals surface area contributed by atoms with Crippen molar-refractivity contribution in [3.8, 4) is 0 Å². The van der Waals surface area contributed by atoms with Crippen molar-refractivity contribution in [2.45, 2.75) is 11.8 Å². The summed E-state index contributed by atoms with van der Waals surface area (Å²) in [7, 11) is -3.24. The predicted molar refractivity (Wildman–Crippen MR) is 61.4 cm³/mol. The Morgan fingerprint density at radius 2 is 2.00 bits per heavy atom. The summed E-state index contributed by atoms with van der Waals surface area (Å²) in [6.45, 7) is 1.45. The molecule has 1 heterocycles. The third-order valence-corrected chi connectivity index (χ3v) is 3.57. The van der Waals surface area contributed by atoms with Gasteiger partial charge in [0.1, 0.15) is 0 Å². The highest BCUT2D eigenvalue weighted by atomic mass is 32.2. The first-order valence-electron chi connectivity index (χ1n) is 4.72. The highest BCUT2D eigenvalue weighted by molar-refractivity contribution is 7.90. The molecule has 0 radical (unpaired) electrons. The van der Waals surface area contributed by atoms with Gasteiger partial charge >= 0.3 is 0 Å². The second kappa shape index (κ2) is 3.45. The Labute approximate surface area is 93.2 Å². The Hall–Kier alpha value is -1.62. The monoisotopic (exact) mass is 237 g/mol. The number of nitrogens with one attached hydrogen (secondary N) is 1. The molecule has 0 atom stereocenters. The molecule has 0 amide bonds. The fourth-order valence-corrected chi connectivity index (χ4v) is 2.27. The number of aromatic amines is 1. The number of H-pyrrole nitrogens is 1. The highest BCUT2D eigenvalue weighted by Gasteiger charge is 2.12. The number of benzene rings is 1. The lowest BCUT2D eigenvalue weighted by atomic mass is 10.1. The van der Waals surface area contributed by atoms with Gasteiger partial charge in [0.2, 0.25) is 0 Å². The molecule has 0 saturated carbocycles. The van der Waals surface area contributed by atoms with E-state index < -0.39 is 9.84 Å². The number of rotatable bonds is 2. The lowest BCUT2D eigenvalue weighted by molar-refractivity contribution is 0.101. The van der Waals surface area contributed by atoms with Gasteiger partial charge in [-0.1, -0.05) is 0 Å². The number of sulfone groups is 1. The van der Waals surface area contributed by atoms with E-state index in [0.717, 1.165) is 11.8 Å². The zero-order valence-electron chi connectivity index (χ0n) is 8.94. The Balaban J connectivity index is 2.78. The second-order valence-corrected chi connectivity index (χ2v) is 5.75. The number of hydrogen-bond acceptors (Lipinski definition) is 3. The van der Waals surface area contributed by atoms with Crippen LogP contribution >= 0.6 is 0 Å². The number of ketones is 1. The lowest BCUT2D eigenvalue weighted by Crippen LogP contribution is -1.97. The minimum absolute atomic E-state index is 0.0862. The third kappa shape index (κ3) is 1.74. The minimum Gasteiger partial charge on any atom is -0.360 e. The van der Waals surface area contributed by atoms with E-state index in [1.54, 1.807) is 12.3 Å². The maximum atomic E-state index is 11.4. The van der Waals surface area contributed by atoms with Gasteiger partial charge in [-0.2, -0.15) is 0 Å². The third-order valence-electron chi connectivity index (χ3n) is 2.46. The molecular formula is C11H11NO3S. The molecule has 0 aliphatic rings. The first kappa shape index (κ1) is 10.9. The van der Waals surface area contributed by atoms with Crippen molar-refractivity contribution in [2.75, 3.05) is 6.26 Å². The Bertz CT molecular complexity index is 668. The molecule has 0 unspecified atom stereocenters. The van der Waals surface area contributed by atoms with Crippen LogP contribution in [0.4, 0.5) is 0 Å². The zero-order chi connectivity index (χ0) is 11.9. The fraction of sp³-hybridized carbons (Fsp3) is 0.182. The van der Waals surface area contributed by atoms with Gasteiger partial charge in [0, 0.05) is 28.9 Å². The predicted octanol–water partition coefficient (Wildman–Crippen LogP) is 1.77. The summed E-state index contributed by atoms with van der Waals surface area (Å²) >= 11 is 0. The Morgan fingerprint density at radius 1 is 1.31 bits per heavy atom. The average molecular weight is 237 g/mol. The number of Topliss-reactive ketones (excluding diaryl/α,β-unsaturated/α-hetero) is 1. The molecule has 84 valence electrons. The van der Waals surface area contributed by atoms with Crippen molar-refractivity contribution in [3.63, 3.8) is 0 Å². The van der Waals surface area contributed by atoms with E-state index in [2.05, 4.69) is 4.98 Å². The molecule has 0 fully saturated rings. The molecule has 1 aromatic heterocycles. The van der Waals surface area contributed by atoms with Crippen LogP contribution in [-0.2, 0) is 9.84 Å². The Kier molecular flexibility index (Phi) is 2.35. The second-order valence-electron chi connectivity index (χ2n) is 3.74. The number of fused-ring (bicyclic) bond motifs is 1. The molecule has 1 aromatic carbocycles. The van der Waals surface area contributed by atoms with Crippen LogP contribution in [0.2, 0.25) is 0 Å². The van der Waals surface area contributed by atoms with Crippen LogP contribution in [0.3, 0.4) is 0 Å². The minimum atomic E-state index is -3.24. The van der Waals surface area contributed by atoms with Gasteiger partial charge in [-0.15, -0.1) is 0 Å². The van der Waals surface area contributed by atoms with Crippen molar-refractivity contribution in [3.05, 3.63) is 30.0 Å². The average Bonchev–Trinajstić information content (AvgIpc) is 2.58. The van der Waals surface area contributed by atoms with Gasteiger partial charge in [-0.3, -0.25) is 4.79 Å². The molecule has 0 saturated heterocycles. The molecule has 0 spiro atoms. The highest BCUT2D eigenvalue weighted by Crippen LogP contribution is 2.22. The van der Waals surface area contributed by atoms with Gasteiger partial charge in [-0.05, 0) is 25.1 Å². The molecule has 2 rings (SSSR count). The standard InChI is InChI=1S/C11H11NO3S/c1-7(13)10-6-12-11-4-3-8(5-9(10)11)16(2,14)15/h3-6,12H,1-2H3. The largest absolute Gasteiger partial charge is 0.360 e. The van der Waals surface area contributed by atoms with Gasteiger partial charge in [0.15, 0.2) is 15.6 Å². The van der Waals surface area contributed by atoms with Crippen LogP contribution in [0.1, 0.15) is 17.3 Å². The summed E-state index contributed by atoms with van der Waals surface area (Å²) < 4.78 is 22.8. The fourth-order valence-electron chi connectivity index (χ4n) is 1.62. The van der Waals surface area contributed by atoms with Crippen molar-refractivity contribution in [1.82, 2.24) is 4.98 Å². The zero-order valence-corrected chi connectivity index (χ0v) is 9.76. The molecule has 5 heteroatoms. The first-order chi connectivity index (χ1) is 7.39. The quantitative estimate of drug-likeness (QED) is 0.809. The molecule has 2 aromatic rings. The van der Waals surface area contributed by atoms with Crippen molar-refractivity contribution < 1.29 is 13.2 Å². The Morgan fingerprint density at radius 3 is 2.56 bits per heavy atom. The maximum absolute atomic E-state index is 11.4. The summed E-state index contributed by atoms with van der Waals surface area (Å²) in [5.74, 6) is -0.0862. The summed E-state index contributed by atoms with van der Waals surface area (Å²) in [5, 5.41) is 0.649. The topological polar surface area (TPSA) is 67.0 Å². The van der Waals surface area contributed by atoms with E-state index in [4.69, 9.17) is 0 Å². The summed E-state index contributed by atoms with van der Waals surface area (Å²) in [5.41, 5.74) is 1.28. The van der Waals surface area contributed by atoms with Crippen LogP contribution in [0.25, 0.3) is 10.9 Å². The number of hydrogen-bond donors (Lipinski definition) is 1. The first-order valence-corrected chi connectivity index (χ1v) is 6.61. The van der Waals surface area contributed by atoms with E-state index in [0.29, 0.717) is 10.9 Å². The number of carbonyl (C=O) groups excluding carboxylic acids is 1. The normalized spacial score (nSPS) is 11.9. The van der Waals surface area contributed by atoms with Crippen molar-refractivity contribution >= 4 is 26.5 Å². The molecule has 0 aliphatic carbocycles. The molecule has 4 nitrogen and oxygen atoms in total. The molecule has 0 aliphatic heterocycles. The maximum Gasteiger partial charge on any atom is 0.175 e. The number of aromatic nitrogens is 1. The smallest absolute Gasteiger partial charge is 0.175 e. The van der Waals surface area contributed by atoms with Crippen LogP contribution in [0.5, 0.6) is 0 Å². The van der Waals surface area contributed by atoms with Crippen LogP contribution < -0.4 is 0 Å². The van der Waals surface area contributed by atoms with Gasteiger partial charge < -0.3 is 4.98 Å². The molecule has 1 N–H and O–H groups in total. The summed E-state index contributed by atoms with van der Waals surface area (Å²) in [6, 6.07) is 4.72. The molecular weight excluding hydrogens is 226 g/mol. The molecule has 0 bridgehead atoms. The van der Waals surface area contributed by atoms with Gasteiger partial charge in [0.05, 0.1) is 4.90 Å². The van der Waals surface area contributed by atoms with Crippen LogP contribution in [-0.4, -0.2) is 25.4 Å². The van der Waals surface area contributed by atoms with E-state index in [1.807, 2.05) is 0 Å². The lowest BCUT2D eigenvalue weighted by Gasteiger charge is -1.99. The van der Waals surface area contributed by atoms with Crippen LogP contribution in [0, 0.1) is 0 Å². The van der Waals surface area contributed by atoms with E-state index >= 15 is 0 Å². The number of carbonyl (C=O) groups is 1. The SMILES string of the molecule is CC(=O)c1c[nH]c2ccc(S(C)(=O)=O)cc12.